The van der Waals surface area contributed by atoms with Crippen LogP contribution in [-0.4, -0.2) is 37.6 Å². The summed E-state index contributed by atoms with van der Waals surface area (Å²) in [6, 6.07) is 0. The minimum absolute atomic E-state index is 0.759. The highest BCUT2D eigenvalue weighted by Gasteiger charge is 2.08. The van der Waals surface area contributed by atoms with Gasteiger partial charge in [0, 0.05) is 6.54 Å². The van der Waals surface area contributed by atoms with Gasteiger partial charge in [-0.05, 0) is 50.9 Å². The van der Waals surface area contributed by atoms with Crippen molar-refractivity contribution in [3.63, 3.8) is 0 Å². The third kappa shape index (κ3) is 9.17. The molecule has 0 rings (SSSR count). The number of nitrogens with one attached hydrogen (secondary N) is 1. The van der Waals surface area contributed by atoms with Gasteiger partial charge in [-0.1, -0.05) is 34.6 Å². The Kier molecular flexibility index (Phi) is 10.0. The summed E-state index contributed by atoms with van der Waals surface area (Å²) in [5.74, 6) is 1.52. The van der Waals surface area contributed by atoms with E-state index < -0.39 is 0 Å². The van der Waals surface area contributed by atoms with Gasteiger partial charge in [0.2, 0.25) is 0 Å². The Bertz CT molecular complexity index is 140. The molecule has 0 saturated carbocycles. The van der Waals surface area contributed by atoms with Crippen LogP contribution in [0.1, 0.15) is 47.5 Å². The Hall–Kier alpha value is -0.0800. The van der Waals surface area contributed by atoms with Crippen molar-refractivity contribution < 1.29 is 0 Å². The molecule has 0 bridgehead atoms. The van der Waals surface area contributed by atoms with E-state index in [0.29, 0.717) is 0 Å². The van der Waals surface area contributed by atoms with Gasteiger partial charge in [0.1, 0.15) is 0 Å². The molecule has 2 nitrogen and oxygen atoms in total. The first-order chi connectivity index (χ1) is 7.60. The summed E-state index contributed by atoms with van der Waals surface area (Å²) in [4.78, 5) is 2.60. The molecule has 0 aliphatic heterocycles. The van der Waals surface area contributed by atoms with E-state index in [0.717, 1.165) is 24.9 Å². The third-order valence-electron chi connectivity index (χ3n) is 2.69. The van der Waals surface area contributed by atoms with Crippen LogP contribution in [0.5, 0.6) is 0 Å². The van der Waals surface area contributed by atoms with Crippen molar-refractivity contribution in [1.29, 1.82) is 0 Å². The Morgan fingerprint density at radius 3 is 1.94 bits per heavy atom. The Labute approximate surface area is 103 Å². The quantitative estimate of drug-likeness (QED) is 0.618. The monoisotopic (exact) mass is 228 g/mol. The lowest BCUT2D eigenvalue weighted by Gasteiger charge is -2.25. The Morgan fingerprint density at radius 1 is 0.938 bits per heavy atom. The zero-order chi connectivity index (χ0) is 12.4. The van der Waals surface area contributed by atoms with Gasteiger partial charge in [-0.3, -0.25) is 0 Å². The second kappa shape index (κ2) is 10.1. The van der Waals surface area contributed by atoms with E-state index in [1.807, 2.05) is 0 Å². The topological polar surface area (TPSA) is 15.3 Å². The van der Waals surface area contributed by atoms with Crippen LogP contribution in [-0.2, 0) is 0 Å². The summed E-state index contributed by atoms with van der Waals surface area (Å²) < 4.78 is 0. The van der Waals surface area contributed by atoms with Crippen molar-refractivity contribution in [3.8, 4) is 0 Å². The first-order valence-electron chi connectivity index (χ1n) is 7.03. The number of hydrogen-bond acceptors (Lipinski definition) is 2. The van der Waals surface area contributed by atoms with Crippen molar-refractivity contribution in [3.05, 3.63) is 0 Å². The van der Waals surface area contributed by atoms with E-state index in [-0.39, 0.29) is 0 Å². The van der Waals surface area contributed by atoms with Crippen molar-refractivity contribution in [2.45, 2.75) is 47.5 Å². The summed E-state index contributed by atoms with van der Waals surface area (Å²) in [7, 11) is 0. The zero-order valence-electron chi connectivity index (χ0n) is 12.1. The molecule has 0 aliphatic carbocycles. The fourth-order valence-electron chi connectivity index (χ4n) is 2.05. The van der Waals surface area contributed by atoms with E-state index in [9.17, 15) is 0 Å². The lowest BCUT2D eigenvalue weighted by molar-refractivity contribution is 0.234. The average Bonchev–Trinajstić information content (AvgIpc) is 2.17. The number of hydrogen-bond donors (Lipinski definition) is 1. The molecule has 0 aliphatic rings. The normalized spacial score (nSPS) is 13.7. The second-order valence-electron chi connectivity index (χ2n) is 5.46. The van der Waals surface area contributed by atoms with Crippen LogP contribution < -0.4 is 5.32 Å². The predicted octanol–water partition coefficient (Wildman–Crippen LogP) is 2.99. The predicted molar refractivity (Wildman–Crippen MR) is 73.9 cm³/mol. The molecule has 0 radical (unpaired) electrons. The summed E-state index contributed by atoms with van der Waals surface area (Å²) in [5, 5.41) is 3.55. The van der Waals surface area contributed by atoms with E-state index >= 15 is 0 Å². The fraction of sp³-hybridized carbons (Fsp3) is 1.00. The van der Waals surface area contributed by atoms with Gasteiger partial charge in [0.05, 0.1) is 0 Å². The molecule has 1 N–H and O–H groups in total. The summed E-state index contributed by atoms with van der Waals surface area (Å²) in [6.07, 6.45) is 2.54. The van der Waals surface area contributed by atoms with Crippen LogP contribution in [0.2, 0.25) is 0 Å². The fourth-order valence-corrected chi connectivity index (χ4v) is 2.05. The first-order valence-corrected chi connectivity index (χ1v) is 7.03. The van der Waals surface area contributed by atoms with E-state index in [1.165, 1.54) is 32.5 Å². The van der Waals surface area contributed by atoms with Gasteiger partial charge >= 0.3 is 0 Å². The van der Waals surface area contributed by atoms with E-state index in [1.54, 1.807) is 0 Å². The lowest BCUT2D eigenvalue weighted by Crippen LogP contribution is -2.35. The molecule has 16 heavy (non-hydrogen) atoms. The molecule has 98 valence electrons. The Balaban J connectivity index is 3.67. The van der Waals surface area contributed by atoms with Crippen LogP contribution in [0.15, 0.2) is 0 Å². The van der Waals surface area contributed by atoms with Crippen LogP contribution in [0, 0.1) is 11.8 Å². The maximum absolute atomic E-state index is 3.55. The van der Waals surface area contributed by atoms with Gasteiger partial charge in [0.25, 0.3) is 0 Å². The van der Waals surface area contributed by atoms with Crippen molar-refractivity contribution in [2.75, 3.05) is 32.7 Å². The third-order valence-corrected chi connectivity index (χ3v) is 2.69. The van der Waals surface area contributed by atoms with Gasteiger partial charge < -0.3 is 10.2 Å². The SMILES string of the molecule is CCCN(CCC)CC(C)CNCC(C)C. The largest absolute Gasteiger partial charge is 0.316 e. The minimum Gasteiger partial charge on any atom is -0.316 e. The average molecular weight is 228 g/mol. The zero-order valence-corrected chi connectivity index (χ0v) is 12.1. The van der Waals surface area contributed by atoms with Crippen LogP contribution in [0.25, 0.3) is 0 Å². The molecule has 0 heterocycles. The van der Waals surface area contributed by atoms with Crippen molar-refractivity contribution >= 4 is 0 Å². The van der Waals surface area contributed by atoms with Gasteiger partial charge in [0.15, 0.2) is 0 Å². The minimum atomic E-state index is 0.759. The molecule has 0 fully saturated rings. The summed E-state index contributed by atoms with van der Waals surface area (Å²) in [5.41, 5.74) is 0. The summed E-state index contributed by atoms with van der Waals surface area (Å²) in [6.45, 7) is 17.5. The van der Waals surface area contributed by atoms with Crippen LogP contribution in [0.3, 0.4) is 0 Å². The Morgan fingerprint density at radius 2 is 1.50 bits per heavy atom. The smallest absolute Gasteiger partial charge is 0.00191 e. The maximum Gasteiger partial charge on any atom is 0.00191 e. The molecular weight excluding hydrogens is 196 g/mol. The standard InChI is InChI=1S/C14H32N2/c1-6-8-16(9-7-2)12-14(5)11-15-10-13(3)4/h13-15H,6-12H2,1-5H3. The van der Waals surface area contributed by atoms with E-state index in [4.69, 9.17) is 0 Å². The molecule has 1 unspecified atom stereocenters. The molecule has 0 saturated heterocycles. The molecule has 0 amide bonds. The highest BCUT2D eigenvalue weighted by molar-refractivity contribution is 4.65. The van der Waals surface area contributed by atoms with Crippen LogP contribution in [0.4, 0.5) is 0 Å². The molecule has 0 aromatic rings. The van der Waals surface area contributed by atoms with Crippen LogP contribution >= 0.6 is 0 Å². The van der Waals surface area contributed by atoms with Gasteiger partial charge in [-0.15, -0.1) is 0 Å². The van der Waals surface area contributed by atoms with Crippen molar-refractivity contribution in [1.82, 2.24) is 10.2 Å². The van der Waals surface area contributed by atoms with E-state index in [2.05, 4.69) is 44.8 Å². The molecular formula is C14H32N2. The number of rotatable bonds is 10. The molecule has 2 heteroatoms. The lowest BCUT2D eigenvalue weighted by atomic mass is 10.1. The second-order valence-corrected chi connectivity index (χ2v) is 5.46. The van der Waals surface area contributed by atoms with Gasteiger partial charge in [-0.25, -0.2) is 0 Å². The first kappa shape index (κ1) is 15.9. The molecule has 0 spiro atoms. The maximum atomic E-state index is 3.55. The molecule has 1 atom stereocenters. The molecule has 0 aromatic heterocycles. The highest BCUT2D eigenvalue weighted by Crippen LogP contribution is 2.01. The summed E-state index contributed by atoms with van der Waals surface area (Å²) >= 11 is 0. The van der Waals surface area contributed by atoms with Gasteiger partial charge in [-0.2, -0.15) is 0 Å². The van der Waals surface area contributed by atoms with Crippen molar-refractivity contribution in [2.24, 2.45) is 11.8 Å². The highest BCUT2D eigenvalue weighted by atomic mass is 15.1. The number of nitrogens with zero attached hydrogens (tertiary/aromatic N) is 1. The molecule has 0 aromatic carbocycles.